The lowest BCUT2D eigenvalue weighted by Gasteiger charge is -2.16. The van der Waals surface area contributed by atoms with Crippen LogP contribution in [0.1, 0.15) is 5.56 Å². The molecule has 1 N–H and O–H groups in total. The zero-order valence-corrected chi connectivity index (χ0v) is 19.2. The van der Waals surface area contributed by atoms with Crippen LogP contribution in [0.4, 0.5) is 11.4 Å². The number of hydrogen-bond donors (Lipinski definition) is 1. The first-order valence-electron chi connectivity index (χ1n) is 8.42. The maximum Gasteiger partial charge on any atom is 0.139 e. The summed E-state index contributed by atoms with van der Waals surface area (Å²) >= 11 is 14.7. The van der Waals surface area contributed by atoms with Crippen molar-refractivity contribution in [3.63, 3.8) is 0 Å². The van der Waals surface area contributed by atoms with E-state index in [-0.39, 0.29) is 0 Å². The van der Waals surface area contributed by atoms with Crippen LogP contribution in [0.3, 0.4) is 0 Å². The molecule has 0 unspecified atom stereocenters. The first-order valence-corrected chi connectivity index (χ1v) is 10.3. The van der Waals surface area contributed by atoms with Crippen molar-refractivity contribution in [3.8, 4) is 17.6 Å². The number of pyridine rings is 1. The van der Waals surface area contributed by atoms with Crippen molar-refractivity contribution in [1.82, 2.24) is 4.98 Å². The van der Waals surface area contributed by atoms with E-state index in [4.69, 9.17) is 37.4 Å². The van der Waals surface area contributed by atoms with Gasteiger partial charge in [-0.3, -0.25) is 4.98 Å². The molecule has 0 amide bonds. The molecule has 0 saturated carbocycles. The number of nitriles is 1. The minimum absolute atomic E-state index is 0.367. The Balaban J connectivity index is 2.13. The van der Waals surface area contributed by atoms with Crippen LogP contribution in [-0.4, -0.2) is 32.4 Å². The Bertz CT molecular complexity index is 1100. The van der Waals surface area contributed by atoms with Gasteiger partial charge in [0.25, 0.3) is 0 Å². The van der Waals surface area contributed by atoms with Crippen LogP contribution in [0.25, 0.3) is 10.9 Å². The fourth-order valence-electron chi connectivity index (χ4n) is 2.67. The van der Waals surface area contributed by atoms with Crippen LogP contribution < -0.4 is 14.8 Å². The van der Waals surface area contributed by atoms with Gasteiger partial charge in [0.15, 0.2) is 0 Å². The van der Waals surface area contributed by atoms with Crippen molar-refractivity contribution >= 4 is 68.1 Å². The molecule has 29 heavy (non-hydrogen) atoms. The van der Waals surface area contributed by atoms with Gasteiger partial charge >= 0.3 is 0 Å². The van der Waals surface area contributed by atoms with Crippen molar-refractivity contribution in [2.24, 2.45) is 0 Å². The minimum Gasteiger partial charge on any atom is -0.495 e. The number of methoxy groups -OCH3 is 2. The highest BCUT2D eigenvalue weighted by Gasteiger charge is 2.15. The zero-order chi connectivity index (χ0) is 21.0. The van der Waals surface area contributed by atoms with E-state index in [1.165, 1.54) is 13.3 Å². The Morgan fingerprint density at radius 1 is 1.10 bits per heavy atom. The Morgan fingerprint density at radius 2 is 1.90 bits per heavy atom. The molecule has 0 radical (unpaired) electrons. The summed E-state index contributed by atoms with van der Waals surface area (Å²) in [6, 6.07) is 9.18. The third-order valence-electron chi connectivity index (χ3n) is 4.09. The average Bonchev–Trinajstić information content (AvgIpc) is 2.70. The lowest BCUT2D eigenvalue weighted by molar-refractivity contribution is 0.146. The summed E-state index contributed by atoms with van der Waals surface area (Å²) in [5.74, 6) is 1.14. The third kappa shape index (κ3) is 4.78. The number of benzene rings is 2. The summed E-state index contributed by atoms with van der Waals surface area (Å²) in [5, 5.41) is 14.4. The van der Waals surface area contributed by atoms with E-state index in [9.17, 15) is 5.26 Å². The van der Waals surface area contributed by atoms with Gasteiger partial charge in [-0.1, -0.05) is 23.2 Å². The fourth-order valence-corrected chi connectivity index (χ4v) is 3.79. The Labute approximate surface area is 191 Å². The smallest absolute Gasteiger partial charge is 0.139 e. The monoisotopic (exact) mass is 543 g/mol. The van der Waals surface area contributed by atoms with Gasteiger partial charge < -0.3 is 19.5 Å². The Kier molecular flexibility index (Phi) is 7.24. The summed E-state index contributed by atoms with van der Waals surface area (Å²) in [6.45, 7) is 0.877. The highest BCUT2D eigenvalue weighted by molar-refractivity contribution is 14.1. The standard InChI is InChI=1S/C20H16Cl2IN3O3/c1-27-3-4-29-19-5-12-16(7-15(19)23)25-10-11(9-24)20(12)26-17-8-18(28-2)14(22)6-13(17)21/h5-8,10H,3-4H2,1-2H3,(H,25,26). The zero-order valence-electron chi connectivity index (χ0n) is 15.6. The fraction of sp³-hybridized carbons (Fsp3) is 0.200. The molecule has 1 aromatic heterocycles. The van der Waals surface area contributed by atoms with Gasteiger partial charge in [0.2, 0.25) is 0 Å². The third-order valence-corrected chi connectivity index (χ3v) is 5.54. The highest BCUT2D eigenvalue weighted by atomic mass is 127. The largest absolute Gasteiger partial charge is 0.495 e. The molecule has 6 nitrogen and oxygen atoms in total. The number of anilines is 2. The summed E-state index contributed by atoms with van der Waals surface area (Å²) < 4.78 is 17.0. The summed E-state index contributed by atoms with van der Waals surface area (Å²) in [4.78, 5) is 4.40. The summed E-state index contributed by atoms with van der Waals surface area (Å²) in [5.41, 5.74) is 2.20. The van der Waals surface area contributed by atoms with Crippen LogP contribution in [0.15, 0.2) is 30.5 Å². The first kappa shape index (κ1) is 21.7. The lowest BCUT2D eigenvalue weighted by atomic mass is 10.1. The topological polar surface area (TPSA) is 76.4 Å². The van der Waals surface area contributed by atoms with Gasteiger partial charge in [0.05, 0.1) is 49.8 Å². The lowest BCUT2D eigenvalue weighted by Crippen LogP contribution is -2.05. The number of nitrogens with zero attached hydrogens (tertiary/aromatic N) is 2. The molecule has 0 bridgehead atoms. The number of ether oxygens (including phenoxy) is 3. The number of hydrogen-bond acceptors (Lipinski definition) is 6. The number of nitrogens with one attached hydrogen (secondary N) is 1. The Morgan fingerprint density at radius 3 is 2.59 bits per heavy atom. The molecule has 0 fully saturated rings. The van der Waals surface area contributed by atoms with E-state index in [0.29, 0.717) is 57.2 Å². The summed E-state index contributed by atoms with van der Waals surface area (Å²) in [7, 11) is 3.14. The molecule has 0 saturated heterocycles. The van der Waals surface area contributed by atoms with E-state index in [1.807, 2.05) is 12.1 Å². The van der Waals surface area contributed by atoms with Gasteiger partial charge in [0, 0.05) is 24.8 Å². The van der Waals surface area contributed by atoms with Crippen molar-refractivity contribution in [2.75, 3.05) is 32.8 Å². The molecule has 0 aliphatic heterocycles. The molecule has 9 heteroatoms. The molecule has 3 rings (SSSR count). The van der Waals surface area contributed by atoms with Crippen molar-refractivity contribution < 1.29 is 14.2 Å². The van der Waals surface area contributed by atoms with E-state index >= 15 is 0 Å². The second kappa shape index (κ2) is 9.67. The second-order valence-electron chi connectivity index (χ2n) is 5.89. The Hall–Kier alpha value is -1.99. The van der Waals surface area contributed by atoms with Gasteiger partial charge in [-0.2, -0.15) is 5.26 Å². The molecule has 3 aromatic rings. The molecule has 2 aromatic carbocycles. The molecule has 0 aliphatic carbocycles. The molecule has 0 spiro atoms. The maximum atomic E-state index is 9.61. The van der Waals surface area contributed by atoms with Gasteiger partial charge in [-0.15, -0.1) is 0 Å². The van der Waals surface area contributed by atoms with E-state index in [1.54, 1.807) is 19.2 Å². The number of rotatable bonds is 7. The van der Waals surface area contributed by atoms with E-state index in [2.05, 4.69) is 39.0 Å². The van der Waals surface area contributed by atoms with Gasteiger partial charge in [-0.25, -0.2) is 0 Å². The van der Waals surface area contributed by atoms with Crippen molar-refractivity contribution in [1.29, 1.82) is 5.26 Å². The SMILES string of the molecule is COCCOc1cc2c(Nc3cc(OC)c(Cl)cc3Cl)c(C#N)cnc2cc1I. The number of fused-ring (bicyclic) bond motifs is 1. The second-order valence-corrected chi connectivity index (χ2v) is 7.87. The quantitative estimate of drug-likeness (QED) is 0.300. The number of halogens is 3. The van der Waals surface area contributed by atoms with E-state index in [0.717, 1.165) is 8.96 Å². The first-order chi connectivity index (χ1) is 14.0. The van der Waals surface area contributed by atoms with Crippen LogP contribution in [-0.2, 0) is 4.74 Å². The van der Waals surface area contributed by atoms with Gasteiger partial charge in [0.1, 0.15) is 24.2 Å². The maximum absolute atomic E-state index is 9.61. The minimum atomic E-state index is 0.367. The van der Waals surface area contributed by atoms with Crippen LogP contribution in [0.5, 0.6) is 11.5 Å². The van der Waals surface area contributed by atoms with Crippen molar-refractivity contribution in [2.45, 2.75) is 0 Å². The summed E-state index contributed by atoms with van der Waals surface area (Å²) in [6.07, 6.45) is 1.52. The molecular formula is C20H16Cl2IN3O3. The molecular weight excluding hydrogens is 528 g/mol. The highest BCUT2D eigenvalue weighted by Crippen LogP contribution is 2.39. The van der Waals surface area contributed by atoms with Gasteiger partial charge in [-0.05, 0) is 40.8 Å². The van der Waals surface area contributed by atoms with E-state index < -0.39 is 0 Å². The average molecular weight is 544 g/mol. The molecule has 0 aliphatic rings. The molecule has 1 heterocycles. The number of aromatic nitrogens is 1. The van der Waals surface area contributed by atoms with Crippen molar-refractivity contribution in [3.05, 3.63) is 49.6 Å². The molecule has 150 valence electrons. The predicted molar refractivity (Wildman–Crippen MR) is 123 cm³/mol. The van der Waals surface area contributed by atoms with Crippen LogP contribution in [0.2, 0.25) is 10.0 Å². The molecule has 0 atom stereocenters. The van der Waals surface area contributed by atoms with Crippen LogP contribution >= 0.6 is 45.8 Å². The normalized spacial score (nSPS) is 10.6. The van der Waals surface area contributed by atoms with Crippen LogP contribution in [0, 0.1) is 14.9 Å². The predicted octanol–water partition coefficient (Wildman–Crippen LogP) is 5.80.